The summed E-state index contributed by atoms with van der Waals surface area (Å²) in [6.45, 7) is 7.24. The Hall–Kier alpha value is -1.47. The van der Waals surface area contributed by atoms with Crippen molar-refractivity contribution >= 4 is 21.2 Å². The van der Waals surface area contributed by atoms with Gasteiger partial charge in [-0.05, 0) is 37.8 Å². The van der Waals surface area contributed by atoms with E-state index in [1.54, 1.807) is 17.4 Å². The Morgan fingerprint density at radius 1 is 1.29 bits per heavy atom. The molecule has 132 valence electrons. The molecule has 0 atom stereocenters. The van der Waals surface area contributed by atoms with E-state index in [1.165, 1.54) is 0 Å². The van der Waals surface area contributed by atoms with Crippen LogP contribution in [-0.4, -0.2) is 46.1 Å². The second-order valence-corrected chi connectivity index (χ2v) is 9.13. The molecule has 7 heteroatoms. The Morgan fingerprint density at radius 2 is 2.00 bits per heavy atom. The Bertz CT molecular complexity index is 805. The van der Waals surface area contributed by atoms with Crippen molar-refractivity contribution in [2.45, 2.75) is 46.1 Å². The van der Waals surface area contributed by atoms with E-state index in [9.17, 15) is 8.42 Å². The summed E-state index contributed by atoms with van der Waals surface area (Å²) in [4.78, 5) is 9.32. The van der Waals surface area contributed by atoms with E-state index in [0.717, 1.165) is 36.3 Å². The second kappa shape index (κ2) is 6.80. The number of imidazole rings is 1. The number of aromatic nitrogens is 3. The lowest BCUT2D eigenvalue weighted by molar-refractivity contribution is 0.272. The predicted octanol–water partition coefficient (Wildman–Crippen LogP) is 2.62. The van der Waals surface area contributed by atoms with Gasteiger partial charge in [-0.15, -0.1) is 0 Å². The van der Waals surface area contributed by atoms with Gasteiger partial charge >= 0.3 is 0 Å². The molecule has 3 heterocycles. The zero-order valence-electron chi connectivity index (χ0n) is 14.6. The SMILES string of the molecule is CCS(=O)(=O)N1CCC(n2c(CC(C)C)nc3cccnc32)CC1. The third kappa shape index (κ3) is 3.32. The highest BCUT2D eigenvalue weighted by Gasteiger charge is 2.29. The van der Waals surface area contributed by atoms with Gasteiger partial charge in [-0.1, -0.05) is 13.8 Å². The number of rotatable bonds is 5. The summed E-state index contributed by atoms with van der Waals surface area (Å²) in [6.07, 6.45) is 4.33. The van der Waals surface area contributed by atoms with Crippen LogP contribution in [0.2, 0.25) is 0 Å². The van der Waals surface area contributed by atoms with Crippen molar-refractivity contribution < 1.29 is 8.42 Å². The van der Waals surface area contributed by atoms with Gasteiger partial charge in [-0.2, -0.15) is 0 Å². The van der Waals surface area contributed by atoms with E-state index in [2.05, 4.69) is 23.4 Å². The molecule has 0 unspecified atom stereocenters. The fraction of sp³-hybridized carbons (Fsp3) is 0.647. The number of sulfonamides is 1. The first kappa shape index (κ1) is 17.4. The standard InChI is InChI=1S/C17H26N4O2S/c1-4-24(22,23)20-10-7-14(8-11-20)21-16(12-13(2)3)19-15-6-5-9-18-17(15)21/h5-6,9,13-14H,4,7-8,10-12H2,1-3H3. The Morgan fingerprint density at radius 3 is 2.62 bits per heavy atom. The van der Waals surface area contributed by atoms with E-state index in [-0.39, 0.29) is 11.8 Å². The molecule has 24 heavy (non-hydrogen) atoms. The highest BCUT2D eigenvalue weighted by Crippen LogP contribution is 2.29. The molecule has 0 saturated carbocycles. The van der Waals surface area contributed by atoms with Gasteiger partial charge in [-0.3, -0.25) is 0 Å². The van der Waals surface area contributed by atoms with Crippen molar-refractivity contribution in [3.05, 3.63) is 24.2 Å². The van der Waals surface area contributed by atoms with Gasteiger partial charge in [0.05, 0.1) is 5.75 Å². The van der Waals surface area contributed by atoms with E-state index in [0.29, 0.717) is 19.0 Å². The quantitative estimate of drug-likeness (QED) is 0.831. The average molecular weight is 350 g/mol. The number of piperidine rings is 1. The predicted molar refractivity (Wildman–Crippen MR) is 95.4 cm³/mol. The zero-order chi connectivity index (χ0) is 17.3. The normalized spacial score (nSPS) is 17.8. The van der Waals surface area contributed by atoms with Crippen molar-refractivity contribution in [2.75, 3.05) is 18.8 Å². The first-order valence-electron chi connectivity index (χ1n) is 8.72. The highest BCUT2D eigenvalue weighted by molar-refractivity contribution is 7.89. The third-order valence-corrected chi connectivity index (χ3v) is 6.54. The molecule has 0 amide bonds. The minimum Gasteiger partial charge on any atom is -0.309 e. The molecular weight excluding hydrogens is 324 g/mol. The van der Waals surface area contributed by atoms with Crippen LogP contribution in [0.15, 0.2) is 18.3 Å². The van der Waals surface area contributed by atoms with Gasteiger partial charge in [0.1, 0.15) is 11.3 Å². The van der Waals surface area contributed by atoms with Crippen molar-refractivity contribution in [1.29, 1.82) is 0 Å². The van der Waals surface area contributed by atoms with Gasteiger partial charge in [-0.25, -0.2) is 22.7 Å². The number of fused-ring (bicyclic) bond motifs is 1. The molecule has 1 aliphatic rings. The summed E-state index contributed by atoms with van der Waals surface area (Å²) < 4.78 is 28.0. The average Bonchev–Trinajstić information content (AvgIpc) is 2.92. The molecule has 0 aliphatic carbocycles. The van der Waals surface area contributed by atoms with Crippen molar-refractivity contribution in [3.8, 4) is 0 Å². The zero-order valence-corrected chi connectivity index (χ0v) is 15.5. The van der Waals surface area contributed by atoms with E-state index in [4.69, 9.17) is 4.98 Å². The summed E-state index contributed by atoms with van der Waals surface area (Å²) in [7, 11) is -3.09. The summed E-state index contributed by atoms with van der Waals surface area (Å²) in [5.74, 6) is 1.75. The smallest absolute Gasteiger partial charge is 0.213 e. The minimum absolute atomic E-state index is 0.172. The molecule has 0 aromatic carbocycles. The Kier molecular flexibility index (Phi) is 4.92. The van der Waals surface area contributed by atoms with Gasteiger partial charge in [0.15, 0.2) is 5.65 Å². The largest absolute Gasteiger partial charge is 0.309 e. The highest BCUT2D eigenvalue weighted by atomic mass is 32.2. The molecule has 0 radical (unpaired) electrons. The van der Waals surface area contributed by atoms with Crippen LogP contribution in [0, 0.1) is 5.92 Å². The number of hydrogen-bond acceptors (Lipinski definition) is 4. The molecule has 0 spiro atoms. The molecular formula is C17H26N4O2S. The lowest BCUT2D eigenvalue weighted by Gasteiger charge is -2.32. The number of pyridine rings is 1. The Balaban J connectivity index is 1.90. The maximum absolute atomic E-state index is 12.1. The van der Waals surface area contributed by atoms with E-state index < -0.39 is 10.0 Å². The van der Waals surface area contributed by atoms with Crippen LogP contribution < -0.4 is 0 Å². The minimum atomic E-state index is -3.09. The van der Waals surface area contributed by atoms with Gasteiger partial charge in [0, 0.05) is 31.7 Å². The molecule has 3 rings (SSSR count). The topological polar surface area (TPSA) is 68.1 Å². The summed E-state index contributed by atoms with van der Waals surface area (Å²) in [5.41, 5.74) is 1.85. The molecule has 0 bridgehead atoms. The number of hydrogen-bond donors (Lipinski definition) is 0. The van der Waals surface area contributed by atoms with Crippen LogP contribution in [0.5, 0.6) is 0 Å². The fourth-order valence-electron chi connectivity index (χ4n) is 3.43. The van der Waals surface area contributed by atoms with Crippen molar-refractivity contribution in [3.63, 3.8) is 0 Å². The number of nitrogens with zero attached hydrogens (tertiary/aromatic N) is 4. The molecule has 6 nitrogen and oxygen atoms in total. The maximum atomic E-state index is 12.1. The third-order valence-electron chi connectivity index (χ3n) is 4.66. The summed E-state index contributed by atoms with van der Waals surface area (Å²) in [6, 6.07) is 4.18. The van der Waals surface area contributed by atoms with E-state index in [1.807, 2.05) is 12.1 Å². The fourth-order valence-corrected chi connectivity index (χ4v) is 4.56. The molecule has 2 aromatic rings. The lowest BCUT2D eigenvalue weighted by atomic mass is 10.1. The molecule has 1 aliphatic heterocycles. The van der Waals surface area contributed by atoms with Gasteiger partial charge in [0.25, 0.3) is 0 Å². The van der Waals surface area contributed by atoms with Crippen LogP contribution >= 0.6 is 0 Å². The van der Waals surface area contributed by atoms with Crippen molar-refractivity contribution in [1.82, 2.24) is 18.8 Å². The summed E-state index contributed by atoms with van der Waals surface area (Å²) >= 11 is 0. The molecule has 2 aromatic heterocycles. The summed E-state index contributed by atoms with van der Waals surface area (Å²) in [5, 5.41) is 0. The molecule has 1 fully saturated rings. The van der Waals surface area contributed by atoms with Crippen LogP contribution in [0.3, 0.4) is 0 Å². The van der Waals surface area contributed by atoms with Gasteiger partial charge < -0.3 is 4.57 Å². The van der Waals surface area contributed by atoms with Gasteiger partial charge in [0.2, 0.25) is 10.0 Å². The van der Waals surface area contributed by atoms with Crippen LogP contribution in [-0.2, 0) is 16.4 Å². The molecule has 0 N–H and O–H groups in total. The van der Waals surface area contributed by atoms with Crippen LogP contribution in [0.1, 0.15) is 45.5 Å². The van der Waals surface area contributed by atoms with Crippen molar-refractivity contribution in [2.24, 2.45) is 5.92 Å². The first-order chi connectivity index (χ1) is 11.4. The van der Waals surface area contributed by atoms with Crippen LogP contribution in [0.4, 0.5) is 0 Å². The maximum Gasteiger partial charge on any atom is 0.213 e. The first-order valence-corrected chi connectivity index (χ1v) is 10.3. The monoisotopic (exact) mass is 350 g/mol. The molecule has 1 saturated heterocycles. The Labute approximate surface area is 144 Å². The van der Waals surface area contributed by atoms with Crippen LogP contribution in [0.25, 0.3) is 11.2 Å². The van der Waals surface area contributed by atoms with E-state index >= 15 is 0 Å². The lowest BCUT2D eigenvalue weighted by Crippen LogP contribution is -2.40. The second-order valence-electron chi connectivity index (χ2n) is 6.87.